The molecule has 2 aromatic rings. The van der Waals surface area contributed by atoms with Crippen molar-refractivity contribution in [1.29, 1.82) is 5.26 Å². The fourth-order valence-electron chi connectivity index (χ4n) is 3.43. The summed E-state index contributed by atoms with van der Waals surface area (Å²) in [6.45, 7) is 6.82. The van der Waals surface area contributed by atoms with E-state index in [0.717, 1.165) is 29.8 Å². The Labute approximate surface area is 169 Å². The summed E-state index contributed by atoms with van der Waals surface area (Å²) in [5.74, 6) is 0.341. The lowest BCUT2D eigenvalue weighted by molar-refractivity contribution is 0.0977. The van der Waals surface area contributed by atoms with Crippen LogP contribution in [0.1, 0.15) is 53.6 Å². The van der Waals surface area contributed by atoms with Crippen molar-refractivity contribution in [3.63, 3.8) is 0 Å². The number of thiophene rings is 1. The minimum absolute atomic E-state index is 0.214. The number of hydrogen-bond acceptors (Lipinski definition) is 4. The normalized spacial score (nSPS) is 16.1. The van der Waals surface area contributed by atoms with Gasteiger partial charge < -0.3 is 5.32 Å². The summed E-state index contributed by atoms with van der Waals surface area (Å²) in [4.78, 5) is 13.5. The molecular formula is C21H23N3OS2. The molecule has 6 heteroatoms. The summed E-state index contributed by atoms with van der Waals surface area (Å²) in [5.41, 5.74) is 2.60. The molecule has 1 aromatic heterocycles. The maximum Gasteiger partial charge on any atom is 0.257 e. The zero-order valence-electron chi connectivity index (χ0n) is 15.8. The molecule has 140 valence electrons. The third-order valence-electron chi connectivity index (χ3n) is 5.09. The molecule has 1 aromatic carbocycles. The highest BCUT2D eigenvalue weighted by atomic mass is 32.1. The highest BCUT2D eigenvalue weighted by molar-refractivity contribution is 7.80. The van der Waals surface area contributed by atoms with Crippen LogP contribution in [-0.4, -0.2) is 11.0 Å². The van der Waals surface area contributed by atoms with Gasteiger partial charge in [0, 0.05) is 10.4 Å². The molecule has 1 heterocycles. The molecule has 2 N–H and O–H groups in total. The first-order valence-electron chi connectivity index (χ1n) is 9.01. The Morgan fingerprint density at radius 1 is 1.30 bits per heavy atom. The number of rotatable bonds is 2. The zero-order valence-corrected chi connectivity index (χ0v) is 17.4. The van der Waals surface area contributed by atoms with Gasteiger partial charge in [-0.3, -0.25) is 10.1 Å². The average Bonchev–Trinajstić information content (AvgIpc) is 2.97. The molecule has 0 saturated carbocycles. The molecule has 0 radical (unpaired) electrons. The number of benzene rings is 1. The van der Waals surface area contributed by atoms with Crippen molar-refractivity contribution in [1.82, 2.24) is 5.32 Å². The van der Waals surface area contributed by atoms with E-state index in [4.69, 9.17) is 12.2 Å². The Kier molecular flexibility index (Phi) is 5.64. The van der Waals surface area contributed by atoms with Gasteiger partial charge >= 0.3 is 0 Å². The molecular weight excluding hydrogens is 374 g/mol. The lowest BCUT2D eigenvalue weighted by atomic mass is 9.72. The van der Waals surface area contributed by atoms with E-state index in [2.05, 4.69) is 37.5 Å². The SMILES string of the molecule is CC(C)(C)[C@H]1CCc2c(sc(NC(=S)NC(=O)c3ccccc3)c2C#N)C1. The Morgan fingerprint density at radius 2 is 2.00 bits per heavy atom. The molecule has 0 aliphatic heterocycles. The smallest absolute Gasteiger partial charge is 0.257 e. The number of carbonyl (C=O) groups is 1. The lowest BCUT2D eigenvalue weighted by Crippen LogP contribution is -2.34. The number of anilines is 1. The van der Waals surface area contributed by atoms with E-state index in [1.54, 1.807) is 35.6 Å². The van der Waals surface area contributed by atoms with Gasteiger partial charge in [-0.1, -0.05) is 39.0 Å². The highest BCUT2D eigenvalue weighted by Gasteiger charge is 2.32. The fourth-order valence-corrected chi connectivity index (χ4v) is 4.97. The number of fused-ring (bicyclic) bond motifs is 1. The Bertz CT molecular complexity index is 904. The van der Waals surface area contributed by atoms with Crippen LogP contribution in [-0.2, 0) is 12.8 Å². The molecule has 1 atom stereocenters. The van der Waals surface area contributed by atoms with Crippen LogP contribution >= 0.6 is 23.6 Å². The Morgan fingerprint density at radius 3 is 2.63 bits per heavy atom. The molecule has 1 aliphatic rings. The quantitative estimate of drug-likeness (QED) is 0.708. The molecule has 0 spiro atoms. The van der Waals surface area contributed by atoms with E-state index >= 15 is 0 Å². The summed E-state index contributed by atoms with van der Waals surface area (Å²) >= 11 is 6.88. The number of carbonyl (C=O) groups excluding carboxylic acids is 1. The van der Waals surface area contributed by atoms with E-state index in [9.17, 15) is 10.1 Å². The number of hydrogen-bond donors (Lipinski definition) is 2. The van der Waals surface area contributed by atoms with Crippen molar-refractivity contribution in [2.45, 2.75) is 40.0 Å². The van der Waals surface area contributed by atoms with Gasteiger partial charge in [0.05, 0.1) is 5.56 Å². The lowest BCUT2D eigenvalue weighted by Gasteiger charge is -2.33. The minimum Gasteiger partial charge on any atom is -0.323 e. The van der Waals surface area contributed by atoms with Crippen LogP contribution in [0, 0.1) is 22.7 Å². The average molecular weight is 398 g/mol. The molecule has 4 nitrogen and oxygen atoms in total. The largest absolute Gasteiger partial charge is 0.323 e. The summed E-state index contributed by atoms with van der Waals surface area (Å²) in [6.07, 6.45) is 3.00. The first-order chi connectivity index (χ1) is 12.8. The van der Waals surface area contributed by atoms with E-state index in [1.165, 1.54) is 4.88 Å². The maximum absolute atomic E-state index is 12.2. The van der Waals surface area contributed by atoms with Crippen LogP contribution in [0.3, 0.4) is 0 Å². The van der Waals surface area contributed by atoms with Crippen molar-refractivity contribution in [3.05, 3.63) is 51.9 Å². The van der Waals surface area contributed by atoms with Gasteiger partial charge in [0.1, 0.15) is 11.1 Å². The van der Waals surface area contributed by atoms with Crippen LogP contribution < -0.4 is 10.6 Å². The summed E-state index contributed by atoms with van der Waals surface area (Å²) < 4.78 is 0. The first kappa shape index (κ1) is 19.5. The molecule has 0 fully saturated rings. The van der Waals surface area contributed by atoms with Gasteiger partial charge in [-0.25, -0.2) is 0 Å². The van der Waals surface area contributed by atoms with Crippen LogP contribution in [0.2, 0.25) is 0 Å². The van der Waals surface area contributed by atoms with Crippen molar-refractivity contribution in [3.8, 4) is 6.07 Å². The second-order valence-electron chi connectivity index (χ2n) is 7.90. The minimum atomic E-state index is -0.263. The van der Waals surface area contributed by atoms with Gasteiger partial charge in [-0.2, -0.15) is 5.26 Å². The number of thiocarbonyl (C=S) groups is 1. The third kappa shape index (κ3) is 4.37. The van der Waals surface area contributed by atoms with E-state index in [0.29, 0.717) is 17.0 Å². The highest BCUT2D eigenvalue weighted by Crippen LogP contribution is 2.43. The van der Waals surface area contributed by atoms with Crippen molar-refractivity contribution >= 4 is 39.6 Å². The van der Waals surface area contributed by atoms with E-state index in [1.807, 2.05) is 6.07 Å². The van der Waals surface area contributed by atoms with Gasteiger partial charge in [-0.05, 0) is 60.5 Å². The Balaban J connectivity index is 1.74. The van der Waals surface area contributed by atoms with E-state index in [-0.39, 0.29) is 16.4 Å². The monoisotopic (exact) mass is 397 g/mol. The van der Waals surface area contributed by atoms with Gasteiger partial charge in [-0.15, -0.1) is 11.3 Å². The van der Waals surface area contributed by atoms with Gasteiger partial charge in [0.25, 0.3) is 5.91 Å². The number of amides is 1. The van der Waals surface area contributed by atoms with Gasteiger partial charge in [0.15, 0.2) is 5.11 Å². The van der Waals surface area contributed by atoms with Crippen LogP contribution in [0.25, 0.3) is 0 Å². The molecule has 3 rings (SSSR count). The molecule has 1 aliphatic carbocycles. The van der Waals surface area contributed by atoms with Crippen molar-refractivity contribution in [2.75, 3.05) is 5.32 Å². The van der Waals surface area contributed by atoms with Gasteiger partial charge in [0.2, 0.25) is 0 Å². The van der Waals surface area contributed by atoms with Crippen molar-refractivity contribution < 1.29 is 4.79 Å². The van der Waals surface area contributed by atoms with Crippen LogP contribution in [0.5, 0.6) is 0 Å². The first-order valence-corrected chi connectivity index (χ1v) is 10.2. The number of nitrogens with zero attached hydrogens (tertiary/aromatic N) is 1. The maximum atomic E-state index is 12.2. The van der Waals surface area contributed by atoms with Crippen LogP contribution in [0.15, 0.2) is 30.3 Å². The Hall–Kier alpha value is -2.23. The van der Waals surface area contributed by atoms with Crippen molar-refractivity contribution in [2.24, 2.45) is 11.3 Å². The molecule has 27 heavy (non-hydrogen) atoms. The second-order valence-corrected chi connectivity index (χ2v) is 9.41. The zero-order chi connectivity index (χ0) is 19.6. The molecule has 1 amide bonds. The molecule has 0 bridgehead atoms. The second kappa shape index (κ2) is 7.79. The molecule has 0 saturated heterocycles. The van der Waals surface area contributed by atoms with E-state index < -0.39 is 0 Å². The van der Waals surface area contributed by atoms with Crippen LogP contribution in [0.4, 0.5) is 5.00 Å². The summed E-state index contributed by atoms with van der Waals surface area (Å²) in [6, 6.07) is 11.2. The standard InChI is InChI=1S/C21H23N3OS2/c1-21(2,3)14-9-10-15-16(12-22)19(27-17(15)11-14)24-20(26)23-18(25)13-7-5-4-6-8-13/h4-8,14H,9-11H2,1-3H3,(H2,23,24,25,26)/t14-/m0/s1. The predicted molar refractivity (Wildman–Crippen MR) is 114 cm³/mol. The predicted octanol–water partition coefficient (Wildman–Crippen LogP) is 4.90. The fraction of sp³-hybridized carbons (Fsp3) is 0.381. The number of nitriles is 1. The number of nitrogens with one attached hydrogen (secondary N) is 2. The summed E-state index contributed by atoms with van der Waals surface area (Å²) in [7, 11) is 0. The summed E-state index contributed by atoms with van der Waals surface area (Å²) in [5, 5.41) is 16.4. The molecule has 0 unspecified atom stereocenters. The third-order valence-corrected chi connectivity index (χ3v) is 6.47. The topological polar surface area (TPSA) is 64.9 Å².